The number of carbonyl (C=O) groups is 2. The molecule has 0 aliphatic carbocycles. The first-order valence-corrected chi connectivity index (χ1v) is 11.9. The van der Waals surface area contributed by atoms with E-state index in [1.807, 2.05) is 61.5 Å². The lowest BCUT2D eigenvalue weighted by Crippen LogP contribution is -2.15. The molecule has 0 atom stereocenters. The van der Waals surface area contributed by atoms with Gasteiger partial charge in [0.25, 0.3) is 5.91 Å². The van der Waals surface area contributed by atoms with Crippen LogP contribution in [0.3, 0.4) is 0 Å². The maximum absolute atomic E-state index is 12.9. The fraction of sp³-hybridized carbons (Fsp3) is 0.192. The summed E-state index contributed by atoms with van der Waals surface area (Å²) >= 11 is 4.68. The van der Waals surface area contributed by atoms with E-state index in [2.05, 4.69) is 35.1 Å². The molecule has 0 saturated carbocycles. The summed E-state index contributed by atoms with van der Waals surface area (Å²) in [7, 11) is 1.30. The molecule has 0 radical (unpaired) electrons. The molecule has 0 saturated heterocycles. The minimum absolute atomic E-state index is 0.0562. The van der Waals surface area contributed by atoms with Gasteiger partial charge in [0.2, 0.25) is 0 Å². The molecule has 0 bridgehead atoms. The Balaban J connectivity index is 1.96. The van der Waals surface area contributed by atoms with E-state index in [1.165, 1.54) is 30.1 Å². The van der Waals surface area contributed by atoms with Crippen LogP contribution in [0.2, 0.25) is 0 Å². The summed E-state index contributed by atoms with van der Waals surface area (Å²) in [4.78, 5) is 26.4. The molecule has 1 N–H and O–H groups in total. The summed E-state index contributed by atoms with van der Waals surface area (Å²) < 4.78 is 5.91. The number of methoxy groups -OCH3 is 1. The predicted molar refractivity (Wildman–Crippen MR) is 136 cm³/mol. The van der Waals surface area contributed by atoms with E-state index in [-0.39, 0.29) is 11.1 Å². The van der Waals surface area contributed by atoms with E-state index in [0.29, 0.717) is 16.5 Å². The van der Waals surface area contributed by atoms with E-state index in [1.54, 1.807) is 0 Å². The number of hydrogen-bond donors (Lipinski definition) is 1. The predicted octanol–water partition coefficient (Wildman–Crippen LogP) is 6.94. The van der Waals surface area contributed by atoms with Crippen LogP contribution in [0.5, 0.6) is 0 Å². The maximum atomic E-state index is 12.9. The lowest BCUT2D eigenvalue weighted by Gasteiger charge is -2.08. The molecule has 1 heterocycles. The Morgan fingerprint density at radius 1 is 1.12 bits per heavy atom. The molecule has 0 unspecified atom stereocenters. The average molecular weight is 523 g/mol. The molecule has 168 valence electrons. The third kappa shape index (κ3) is 5.59. The number of halogens is 1. The number of rotatable bonds is 6. The highest BCUT2D eigenvalue weighted by Gasteiger charge is 2.26. The molecule has 33 heavy (non-hydrogen) atoms. The first-order valence-electron chi connectivity index (χ1n) is 10.3. The van der Waals surface area contributed by atoms with E-state index in [4.69, 9.17) is 4.74 Å². The minimum Gasteiger partial charge on any atom is -0.465 e. The number of nitrogens with zero attached hydrogens (tertiary/aromatic N) is 1. The topological polar surface area (TPSA) is 79.2 Å². The monoisotopic (exact) mass is 522 g/mol. The second kappa shape index (κ2) is 10.6. The van der Waals surface area contributed by atoms with Crippen LogP contribution >= 0.6 is 27.3 Å². The van der Waals surface area contributed by atoms with Gasteiger partial charge < -0.3 is 10.1 Å². The first-order chi connectivity index (χ1) is 15.7. The molecular formula is C26H23BrN2O3S. The lowest BCUT2D eigenvalue weighted by molar-refractivity contribution is -0.112. The number of hydrogen-bond acceptors (Lipinski definition) is 5. The Hall–Kier alpha value is -3.21. The molecule has 2 aromatic carbocycles. The number of carbonyl (C=O) groups excluding carboxylic acids is 2. The zero-order valence-electron chi connectivity index (χ0n) is 18.7. The van der Waals surface area contributed by atoms with E-state index < -0.39 is 11.9 Å². The Bertz CT molecular complexity index is 1250. The van der Waals surface area contributed by atoms with Crippen LogP contribution in [0.15, 0.2) is 58.6 Å². The number of anilines is 1. The molecule has 5 nitrogen and oxygen atoms in total. The number of ether oxygens (including phenoxy) is 1. The largest absolute Gasteiger partial charge is 0.465 e. The molecule has 1 amide bonds. The summed E-state index contributed by atoms with van der Waals surface area (Å²) in [6, 6.07) is 17.2. The quantitative estimate of drug-likeness (QED) is 0.216. The van der Waals surface area contributed by atoms with Crippen molar-refractivity contribution in [3.05, 3.63) is 80.1 Å². The van der Waals surface area contributed by atoms with Crippen molar-refractivity contribution in [2.75, 3.05) is 12.4 Å². The van der Waals surface area contributed by atoms with Crippen LogP contribution in [0.1, 0.15) is 46.1 Å². The molecule has 1 aromatic heterocycles. The highest BCUT2D eigenvalue weighted by molar-refractivity contribution is 9.10. The van der Waals surface area contributed by atoms with Crippen molar-refractivity contribution in [1.29, 1.82) is 5.26 Å². The van der Waals surface area contributed by atoms with Gasteiger partial charge in [-0.25, -0.2) is 4.79 Å². The number of amides is 1. The van der Waals surface area contributed by atoms with Crippen molar-refractivity contribution in [1.82, 2.24) is 0 Å². The van der Waals surface area contributed by atoms with Gasteiger partial charge in [0, 0.05) is 14.9 Å². The van der Waals surface area contributed by atoms with Crippen molar-refractivity contribution in [2.24, 2.45) is 0 Å². The number of esters is 1. The standard InChI is InChI=1S/C26H23BrN2O3S/c1-15(2)18-7-5-17(6-8-18)13-20(14-28)24(30)29-25-23(26(31)32-4)22(16(3)33-25)19-9-11-21(27)12-10-19/h5-13,15H,1-4H3,(H,29,30)/b20-13+. The summed E-state index contributed by atoms with van der Waals surface area (Å²) in [5.74, 6) is -0.751. The van der Waals surface area contributed by atoms with Crippen LogP contribution in [0, 0.1) is 18.3 Å². The van der Waals surface area contributed by atoms with Gasteiger partial charge in [-0.1, -0.05) is 66.2 Å². The number of benzene rings is 2. The highest BCUT2D eigenvalue weighted by atomic mass is 79.9. The Kier molecular flexibility index (Phi) is 7.85. The second-order valence-corrected chi connectivity index (χ2v) is 9.82. The molecular weight excluding hydrogens is 500 g/mol. The molecule has 3 rings (SSSR count). The van der Waals surface area contributed by atoms with E-state index in [0.717, 1.165) is 20.5 Å². The van der Waals surface area contributed by atoms with Gasteiger partial charge in [-0.05, 0) is 47.7 Å². The average Bonchev–Trinajstić information content (AvgIpc) is 3.13. The van der Waals surface area contributed by atoms with Gasteiger partial charge in [-0.2, -0.15) is 5.26 Å². The van der Waals surface area contributed by atoms with Gasteiger partial charge in [0.1, 0.15) is 22.2 Å². The number of nitriles is 1. The minimum atomic E-state index is -0.584. The summed E-state index contributed by atoms with van der Waals surface area (Å²) in [6.45, 7) is 6.08. The Morgan fingerprint density at radius 3 is 2.30 bits per heavy atom. The maximum Gasteiger partial charge on any atom is 0.341 e. The fourth-order valence-corrected chi connectivity index (χ4v) is 4.68. The molecule has 0 aliphatic rings. The Morgan fingerprint density at radius 2 is 1.76 bits per heavy atom. The number of thiophene rings is 1. The zero-order valence-corrected chi connectivity index (χ0v) is 21.1. The number of aryl methyl sites for hydroxylation is 1. The number of nitrogens with one attached hydrogen (secondary N) is 1. The summed E-state index contributed by atoms with van der Waals surface area (Å²) in [5, 5.41) is 12.7. The molecule has 0 fully saturated rings. The second-order valence-electron chi connectivity index (χ2n) is 7.68. The third-order valence-electron chi connectivity index (χ3n) is 5.11. The van der Waals surface area contributed by atoms with Crippen LogP contribution in [-0.2, 0) is 9.53 Å². The normalized spacial score (nSPS) is 11.2. The zero-order chi connectivity index (χ0) is 24.1. The molecule has 7 heteroatoms. The SMILES string of the molecule is COC(=O)c1c(NC(=O)/C(C#N)=C/c2ccc(C(C)C)cc2)sc(C)c1-c1ccc(Br)cc1. The fourth-order valence-electron chi connectivity index (χ4n) is 3.36. The van der Waals surface area contributed by atoms with Crippen molar-refractivity contribution in [3.63, 3.8) is 0 Å². The van der Waals surface area contributed by atoms with Gasteiger partial charge in [-0.15, -0.1) is 11.3 Å². The molecule has 0 spiro atoms. The summed E-state index contributed by atoms with van der Waals surface area (Å²) in [6.07, 6.45) is 1.54. The van der Waals surface area contributed by atoms with Crippen LogP contribution < -0.4 is 5.32 Å². The smallest absolute Gasteiger partial charge is 0.341 e. The lowest BCUT2D eigenvalue weighted by atomic mass is 10.0. The van der Waals surface area contributed by atoms with Gasteiger partial charge >= 0.3 is 5.97 Å². The van der Waals surface area contributed by atoms with Crippen LogP contribution in [-0.4, -0.2) is 19.0 Å². The third-order valence-corrected chi connectivity index (χ3v) is 6.66. The molecule has 0 aliphatic heterocycles. The molecule has 3 aromatic rings. The van der Waals surface area contributed by atoms with Crippen molar-refractivity contribution < 1.29 is 14.3 Å². The van der Waals surface area contributed by atoms with Crippen molar-refractivity contribution in [2.45, 2.75) is 26.7 Å². The highest BCUT2D eigenvalue weighted by Crippen LogP contribution is 2.40. The summed E-state index contributed by atoms with van der Waals surface area (Å²) in [5.41, 5.74) is 3.66. The van der Waals surface area contributed by atoms with E-state index in [9.17, 15) is 14.9 Å². The van der Waals surface area contributed by atoms with Crippen molar-refractivity contribution in [3.8, 4) is 17.2 Å². The first kappa shape index (κ1) is 24.4. The van der Waals surface area contributed by atoms with Gasteiger partial charge in [0.15, 0.2) is 0 Å². The van der Waals surface area contributed by atoms with Gasteiger partial charge in [-0.3, -0.25) is 4.79 Å². The van der Waals surface area contributed by atoms with Gasteiger partial charge in [0.05, 0.1) is 7.11 Å². The van der Waals surface area contributed by atoms with Crippen LogP contribution in [0.4, 0.5) is 5.00 Å². The van der Waals surface area contributed by atoms with Crippen LogP contribution in [0.25, 0.3) is 17.2 Å². The Labute approximate surface area is 205 Å². The van der Waals surface area contributed by atoms with Crippen molar-refractivity contribution >= 4 is 50.2 Å². The van der Waals surface area contributed by atoms with E-state index >= 15 is 0 Å².